The quantitative estimate of drug-likeness (QED) is 0.692. The van der Waals surface area contributed by atoms with Crippen LogP contribution in [0, 0.1) is 0 Å². The van der Waals surface area contributed by atoms with E-state index in [0.29, 0.717) is 17.1 Å². The molecule has 148 valence electrons. The predicted molar refractivity (Wildman–Crippen MR) is 102 cm³/mol. The van der Waals surface area contributed by atoms with E-state index in [-0.39, 0.29) is 30.5 Å². The third kappa shape index (κ3) is 3.99. The topological polar surface area (TPSA) is 131 Å². The number of aromatic nitrogens is 2. The zero-order valence-corrected chi connectivity index (χ0v) is 15.7. The molecule has 10 nitrogen and oxygen atoms in total. The van der Waals surface area contributed by atoms with Crippen LogP contribution in [0.4, 0.5) is 4.79 Å². The van der Waals surface area contributed by atoms with Gasteiger partial charge in [0.2, 0.25) is 6.79 Å². The number of ether oxygens (including phenoxy) is 2. The lowest BCUT2D eigenvalue weighted by atomic mass is 10.2. The van der Waals surface area contributed by atoms with Crippen molar-refractivity contribution in [3.63, 3.8) is 0 Å². The monoisotopic (exact) mass is 414 g/mol. The fourth-order valence-corrected chi connectivity index (χ4v) is 3.55. The van der Waals surface area contributed by atoms with E-state index < -0.39 is 22.6 Å². The van der Waals surface area contributed by atoms with Crippen molar-refractivity contribution in [1.29, 1.82) is 0 Å². The first-order valence-corrected chi connectivity index (χ1v) is 9.32. The zero-order chi connectivity index (χ0) is 20.4. The number of hydrogen-bond acceptors (Lipinski definition) is 8. The number of nitrogens with one attached hydrogen (secondary N) is 2. The van der Waals surface area contributed by atoms with Gasteiger partial charge in [0.05, 0.1) is 4.91 Å². The summed E-state index contributed by atoms with van der Waals surface area (Å²) in [6.07, 6.45) is 1.61. The number of rotatable bonds is 5. The van der Waals surface area contributed by atoms with Crippen LogP contribution in [0.15, 0.2) is 40.0 Å². The number of aromatic amines is 1. The first-order chi connectivity index (χ1) is 14.0. The van der Waals surface area contributed by atoms with E-state index in [0.717, 1.165) is 16.7 Å². The highest BCUT2D eigenvalue weighted by atomic mass is 32.2. The molecule has 0 atom stereocenters. The summed E-state index contributed by atoms with van der Waals surface area (Å²) in [6, 6.07) is 7.69. The molecule has 0 unspecified atom stereocenters. The lowest BCUT2D eigenvalue weighted by molar-refractivity contribution is -0.122. The molecule has 4 rings (SSSR count). The van der Waals surface area contributed by atoms with Crippen molar-refractivity contribution in [3.8, 4) is 11.5 Å². The second-order valence-electron chi connectivity index (χ2n) is 6.01. The molecule has 11 heteroatoms. The number of carbonyl (C=O) groups is 3. The molecule has 2 aliphatic rings. The molecular formula is C18H14N4O6S. The van der Waals surface area contributed by atoms with Crippen molar-refractivity contribution in [3.05, 3.63) is 56.8 Å². The van der Waals surface area contributed by atoms with Gasteiger partial charge >= 0.3 is 0 Å². The summed E-state index contributed by atoms with van der Waals surface area (Å²) >= 11 is 0.828. The zero-order valence-electron chi connectivity index (χ0n) is 14.8. The van der Waals surface area contributed by atoms with Crippen LogP contribution in [0.3, 0.4) is 0 Å². The first-order valence-electron chi connectivity index (χ1n) is 8.50. The number of carbonyl (C=O) groups excluding carboxylic acids is 3. The number of thioether (sulfide) groups is 1. The van der Waals surface area contributed by atoms with E-state index >= 15 is 0 Å². The van der Waals surface area contributed by atoms with Crippen LogP contribution < -0.4 is 20.3 Å². The molecule has 0 aliphatic carbocycles. The van der Waals surface area contributed by atoms with Crippen molar-refractivity contribution in [2.45, 2.75) is 0 Å². The number of imide groups is 1. The van der Waals surface area contributed by atoms with Gasteiger partial charge in [0, 0.05) is 19.2 Å². The minimum Gasteiger partial charge on any atom is -0.454 e. The van der Waals surface area contributed by atoms with Gasteiger partial charge in [0.15, 0.2) is 11.5 Å². The van der Waals surface area contributed by atoms with Gasteiger partial charge in [0.25, 0.3) is 22.6 Å². The highest BCUT2D eigenvalue weighted by Crippen LogP contribution is 2.36. The standard InChI is InChI=1S/C18H14N4O6S/c23-15-4-2-11(20-21-15)16(24)19-5-6-22-17(25)14(29-18(22)26)8-10-1-3-12-13(7-10)28-9-27-12/h1-4,7-8H,5-6,9H2,(H,19,24)(H,21,23)/b14-8-. The van der Waals surface area contributed by atoms with Crippen LogP contribution in [0.5, 0.6) is 11.5 Å². The summed E-state index contributed by atoms with van der Waals surface area (Å²) in [5, 5.41) is 7.90. The molecule has 1 aromatic heterocycles. The van der Waals surface area contributed by atoms with Crippen LogP contribution in [-0.2, 0) is 4.79 Å². The van der Waals surface area contributed by atoms with Crippen LogP contribution in [0.2, 0.25) is 0 Å². The third-order valence-electron chi connectivity index (χ3n) is 4.10. The van der Waals surface area contributed by atoms with Gasteiger partial charge in [-0.1, -0.05) is 6.07 Å². The Morgan fingerprint density at radius 3 is 2.83 bits per heavy atom. The van der Waals surface area contributed by atoms with Gasteiger partial charge in [-0.05, 0) is 41.6 Å². The Labute approximate surface area is 167 Å². The minimum atomic E-state index is -0.524. The van der Waals surface area contributed by atoms with Gasteiger partial charge in [-0.3, -0.25) is 24.1 Å². The highest BCUT2D eigenvalue weighted by Gasteiger charge is 2.34. The molecule has 3 heterocycles. The van der Waals surface area contributed by atoms with E-state index in [2.05, 4.69) is 15.5 Å². The van der Waals surface area contributed by atoms with E-state index in [4.69, 9.17) is 9.47 Å². The van der Waals surface area contributed by atoms with Crippen LogP contribution >= 0.6 is 11.8 Å². The summed E-state index contributed by atoms with van der Waals surface area (Å²) in [4.78, 5) is 49.0. The fraction of sp³-hybridized carbons (Fsp3) is 0.167. The molecule has 29 heavy (non-hydrogen) atoms. The molecule has 0 bridgehead atoms. The maximum atomic E-state index is 12.5. The van der Waals surface area contributed by atoms with Gasteiger partial charge < -0.3 is 14.8 Å². The Balaban J connectivity index is 1.37. The van der Waals surface area contributed by atoms with Gasteiger partial charge in [-0.25, -0.2) is 5.10 Å². The summed E-state index contributed by atoms with van der Waals surface area (Å²) in [5.41, 5.74) is 0.312. The van der Waals surface area contributed by atoms with Gasteiger partial charge in [-0.15, -0.1) is 0 Å². The Kier molecular flexibility index (Phi) is 5.04. The molecule has 1 saturated heterocycles. The average Bonchev–Trinajstić information content (AvgIpc) is 3.27. The molecule has 3 amide bonds. The van der Waals surface area contributed by atoms with Gasteiger partial charge in [-0.2, -0.15) is 5.10 Å². The number of hydrogen-bond donors (Lipinski definition) is 2. The lowest BCUT2D eigenvalue weighted by Gasteiger charge is -2.12. The molecule has 0 spiro atoms. The molecule has 2 aromatic rings. The van der Waals surface area contributed by atoms with E-state index in [1.807, 2.05) is 0 Å². The maximum absolute atomic E-state index is 12.5. The van der Waals surface area contributed by atoms with Crippen molar-refractivity contribution in [2.24, 2.45) is 0 Å². The number of nitrogens with zero attached hydrogens (tertiary/aromatic N) is 2. The number of benzene rings is 1. The summed E-state index contributed by atoms with van der Waals surface area (Å²) in [6.45, 7) is 0.211. The van der Waals surface area contributed by atoms with Crippen molar-refractivity contribution >= 4 is 34.9 Å². The van der Waals surface area contributed by atoms with Gasteiger partial charge in [0.1, 0.15) is 5.69 Å². The van der Waals surface area contributed by atoms with Crippen LogP contribution in [0.25, 0.3) is 6.08 Å². The Hall–Kier alpha value is -3.60. The van der Waals surface area contributed by atoms with Crippen molar-refractivity contribution in [2.75, 3.05) is 19.9 Å². The van der Waals surface area contributed by atoms with E-state index in [9.17, 15) is 19.2 Å². The highest BCUT2D eigenvalue weighted by molar-refractivity contribution is 8.18. The largest absolute Gasteiger partial charge is 0.454 e. The predicted octanol–water partition coefficient (Wildman–Crippen LogP) is 0.965. The number of fused-ring (bicyclic) bond motifs is 1. The van der Waals surface area contributed by atoms with Crippen molar-refractivity contribution in [1.82, 2.24) is 20.4 Å². The number of H-pyrrole nitrogens is 1. The average molecular weight is 414 g/mol. The van der Waals surface area contributed by atoms with Crippen molar-refractivity contribution < 1.29 is 23.9 Å². The smallest absolute Gasteiger partial charge is 0.293 e. The first kappa shape index (κ1) is 18.7. The Bertz CT molecular complexity index is 1080. The lowest BCUT2D eigenvalue weighted by Crippen LogP contribution is -2.37. The molecule has 1 aromatic carbocycles. The minimum absolute atomic E-state index is 0.0121. The third-order valence-corrected chi connectivity index (χ3v) is 5.01. The second kappa shape index (κ2) is 7.80. The molecule has 0 radical (unpaired) electrons. The SMILES string of the molecule is O=C(NCCN1C(=O)S/C(=C\c2ccc3c(c2)OCO3)C1=O)c1ccc(=O)[nH]n1. The molecular weight excluding hydrogens is 400 g/mol. The molecule has 0 saturated carbocycles. The normalized spacial score (nSPS) is 16.6. The molecule has 2 N–H and O–H groups in total. The second-order valence-corrected chi connectivity index (χ2v) is 7.00. The Morgan fingerprint density at radius 1 is 1.21 bits per heavy atom. The fourth-order valence-electron chi connectivity index (χ4n) is 2.69. The summed E-state index contributed by atoms with van der Waals surface area (Å²) in [5.74, 6) is 0.248. The summed E-state index contributed by atoms with van der Waals surface area (Å²) < 4.78 is 10.6. The molecule has 2 aliphatic heterocycles. The van der Waals surface area contributed by atoms with E-state index in [1.165, 1.54) is 12.1 Å². The number of amides is 3. The molecule has 1 fully saturated rings. The van der Waals surface area contributed by atoms with Crippen LogP contribution in [-0.4, -0.2) is 52.0 Å². The summed E-state index contributed by atoms with van der Waals surface area (Å²) in [7, 11) is 0. The Morgan fingerprint density at radius 2 is 2.03 bits per heavy atom. The van der Waals surface area contributed by atoms with E-state index in [1.54, 1.807) is 24.3 Å². The van der Waals surface area contributed by atoms with Crippen LogP contribution in [0.1, 0.15) is 16.1 Å². The maximum Gasteiger partial charge on any atom is 0.293 e.